The Bertz CT molecular complexity index is 499. The minimum atomic E-state index is -0.991. The molecule has 1 rings (SSSR count). The zero-order valence-corrected chi connectivity index (χ0v) is 11.2. The average Bonchev–Trinajstić information content (AvgIpc) is 2.37. The highest BCUT2D eigenvalue weighted by molar-refractivity contribution is 5.68. The van der Waals surface area contributed by atoms with Crippen LogP contribution in [0, 0.1) is 0 Å². The second-order valence-electron chi connectivity index (χ2n) is 4.17. The van der Waals surface area contributed by atoms with Crippen LogP contribution in [0.15, 0.2) is 23.3 Å². The number of hydrogen-bond donors (Lipinski definition) is 0. The Hall–Kier alpha value is -2.40. The first kappa shape index (κ1) is 14.7. The van der Waals surface area contributed by atoms with Gasteiger partial charge in [0.25, 0.3) is 0 Å². The molecule has 1 aromatic rings. The molecule has 0 spiro atoms. The Labute approximate surface area is 110 Å². The van der Waals surface area contributed by atoms with Gasteiger partial charge >= 0.3 is 6.09 Å². The van der Waals surface area contributed by atoms with E-state index < -0.39 is 11.7 Å². The smallest absolute Gasteiger partial charge is 0.397 e. The average molecular weight is 265 g/mol. The van der Waals surface area contributed by atoms with E-state index in [2.05, 4.69) is 10.0 Å². The van der Waals surface area contributed by atoms with Crippen LogP contribution in [0.4, 0.5) is 4.79 Å². The normalized spacial score (nSPS) is 10.3. The summed E-state index contributed by atoms with van der Waals surface area (Å²) in [7, 11) is 3.05. The molecule has 0 unspecified atom stereocenters. The summed E-state index contributed by atoms with van der Waals surface area (Å²) in [5.41, 5.74) is 7.86. The van der Waals surface area contributed by atoms with Gasteiger partial charge in [-0.3, -0.25) is 0 Å². The van der Waals surface area contributed by atoms with Crippen molar-refractivity contribution in [2.45, 2.75) is 19.4 Å². The largest absolute Gasteiger partial charge is 0.497 e. The molecule has 0 fully saturated rings. The van der Waals surface area contributed by atoms with Gasteiger partial charge in [0.1, 0.15) is 17.1 Å². The van der Waals surface area contributed by atoms with E-state index in [1.54, 1.807) is 32.0 Å². The Morgan fingerprint density at radius 1 is 1.21 bits per heavy atom. The molecule has 0 saturated carbocycles. The standard InChI is InChI=1S/C12H15N3O4/c1-12(2,19-11(16)14-15-13)8-5-9(17-3)7-10(6-8)18-4/h5-7H,1-4H3. The van der Waals surface area contributed by atoms with Gasteiger partial charge in [0.2, 0.25) is 0 Å². The third-order valence-electron chi connectivity index (χ3n) is 2.52. The Morgan fingerprint density at radius 2 is 1.74 bits per heavy atom. The number of azide groups is 1. The van der Waals surface area contributed by atoms with Crippen LogP contribution in [0.1, 0.15) is 19.4 Å². The highest BCUT2D eigenvalue weighted by atomic mass is 16.6. The van der Waals surface area contributed by atoms with Gasteiger partial charge in [-0.2, -0.15) is 0 Å². The summed E-state index contributed by atoms with van der Waals surface area (Å²) in [6, 6.07) is 5.13. The van der Waals surface area contributed by atoms with Crippen molar-refractivity contribution in [2.24, 2.45) is 5.11 Å². The van der Waals surface area contributed by atoms with E-state index in [0.29, 0.717) is 17.1 Å². The van der Waals surface area contributed by atoms with E-state index in [-0.39, 0.29) is 0 Å². The van der Waals surface area contributed by atoms with Gasteiger partial charge in [-0.25, -0.2) is 4.79 Å². The number of carbonyl (C=O) groups excluding carboxylic acids is 1. The van der Waals surface area contributed by atoms with E-state index in [1.807, 2.05) is 0 Å². The number of carbonyl (C=O) groups is 1. The first-order valence-corrected chi connectivity index (χ1v) is 5.44. The molecule has 0 aromatic heterocycles. The Balaban J connectivity index is 3.11. The fourth-order valence-corrected chi connectivity index (χ4v) is 1.49. The summed E-state index contributed by atoms with van der Waals surface area (Å²) in [5.74, 6) is 1.14. The molecule has 0 heterocycles. The van der Waals surface area contributed by atoms with Gasteiger partial charge in [-0.1, -0.05) is 0 Å². The van der Waals surface area contributed by atoms with Crippen LogP contribution in [-0.4, -0.2) is 20.3 Å². The SMILES string of the molecule is COc1cc(OC)cc(C(C)(C)OC(=O)N=[N+]=[N-])c1. The zero-order chi connectivity index (χ0) is 14.5. The predicted molar refractivity (Wildman–Crippen MR) is 68.2 cm³/mol. The Kier molecular flexibility index (Phi) is 4.61. The van der Waals surface area contributed by atoms with Gasteiger partial charge in [0.05, 0.1) is 14.2 Å². The number of amides is 1. The predicted octanol–water partition coefficient (Wildman–Crippen LogP) is 3.39. The molecule has 0 N–H and O–H groups in total. The van der Waals surface area contributed by atoms with Gasteiger partial charge < -0.3 is 14.2 Å². The Morgan fingerprint density at radius 3 is 2.16 bits per heavy atom. The maximum atomic E-state index is 11.2. The van der Waals surface area contributed by atoms with Crippen molar-refractivity contribution < 1.29 is 19.0 Å². The van der Waals surface area contributed by atoms with E-state index in [0.717, 1.165) is 0 Å². The molecule has 0 aliphatic rings. The molecule has 0 atom stereocenters. The second-order valence-corrected chi connectivity index (χ2v) is 4.17. The van der Waals surface area contributed by atoms with E-state index in [1.165, 1.54) is 14.2 Å². The van der Waals surface area contributed by atoms with Crippen LogP contribution in [-0.2, 0) is 10.3 Å². The molecule has 1 amide bonds. The highest BCUT2D eigenvalue weighted by Gasteiger charge is 2.26. The van der Waals surface area contributed by atoms with Crippen molar-refractivity contribution in [3.8, 4) is 11.5 Å². The van der Waals surface area contributed by atoms with Crippen LogP contribution in [0.2, 0.25) is 0 Å². The molecule has 0 aliphatic heterocycles. The molecule has 7 heteroatoms. The van der Waals surface area contributed by atoms with Gasteiger partial charge in [0.15, 0.2) is 0 Å². The molecule has 19 heavy (non-hydrogen) atoms. The lowest BCUT2D eigenvalue weighted by Crippen LogP contribution is -2.24. The summed E-state index contributed by atoms with van der Waals surface area (Å²) >= 11 is 0. The summed E-state index contributed by atoms with van der Waals surface area (Å²) in [6.45, 7) is 3.35. The van der Waals surface area contributed by atoms with Crippen LogP contribution >= 0.6 is 0 Å². The van der Waals surface area contributed by atoms with Crippen molar-refractivity contribution in [3.63, 3.8) is 0 Å². The molecule has 0 radical (unpaired) electrons. The van der Waals surface area contributed by atoms with E-state index in [9.17, 15) is 4.79 Å². The van der Waals surface area contributed by atoms with Crippen molar-refractivity contribution in [1.29, 1.82) is 0 Å². The molecule has 102 valence electrons. The lowest BCUT2D eigenvalue weighted by atomic mass is 9.97. The molecular formula is C12H15N3O4. The monoisotopic (exact) mass is 265 g/mol. The topological polar surface area (TPSA) is 93.5 Å². The third-order valence-corrected chi connectivity index (χ3v) is 2.52. The second kappa shape index (κ2) is 5.97. The first-order chi connectivity index (χ1) is 8.92. The molecule has 0 aliphatic carbocycles. The fourth-order valence-electron chi connectivity index (χ4n) is 1.49. The lowest BCUT2D eigenvalue weighted by molar-refractivity contribution is 0.0429. The number of rotatable bonds is 4. The van der Waals surface area contributed by atoms with Crippen LogP contribution in [0.5, 0.6) is 11.5 Å². The zero-order valence-electron chi connectivity index (χ0n) is 11.2. The van der Waals surface area contributed by atoms with E-state index >= 15 is 0 Å². The van der Waals surface area contributed by atoms with Crippen molar-refractivity contribution >= 4 is 6.09 Å². The highest BCUT2D eigenvalue weighted by Crippen LogP contribution is 2.32. The lowest BCUT2D eigenvalue weighted by Gasteiger charge is -2.25. The van der Waals surface area contributed by atoms with E-state index in [4.69, 9.17) is 19.7 Å². The van der Waals surface area contributed by atoms with Crippen molar-refractivity contribution in [3.05, 3.63) is 34.2 Å². The fraction of sp³-hybridized carbons (Fsp3) is 0.417. The van der Waals surface area contributed by atoms with Gasteiger partial charge in [0, 0.05) is 21.7 Å². The maximum Gasteiger partial charge on any atom is 0.397 e. The number of hydrogen-bond acceptors (Lipinski definition) is 4. The number of benzene rings is 1. The summed E-state index contributed by atoms with van der Waals surface area (Å²) in [5, 5.41) is 2.88. The first-order valence-electron chi connectivity index (χ1n) is 5.44. The van der Waals surface area contributed by atoms with Gasteiger partial charge in [-0.15, -0.1) is 0 Å². The van der Waals surface area contributed by atoms with Crippen molar-refractivity contribution in [2.75, 3.05) is 14.2 Å². The van der Waals surface area contributed by atoms with Gasteiger partial charge in [-0.05, 0) is 31.5 Å². The minimum absolute atomic E-state index is 0.572. The van der Waals surface area contributed by atoms with Crippen LogP contribution in [0.3, 0.4) is 0 Å². The summed E-state index contributed by atoms with van der Waals surface area (Å²) < 4.78 is 15.4. The quantitative estimate of drug-likeness (QED) is 0.473. The maximum absolute atomic E-state index is 11.2. The number of methoxy groups -OCH3 is 2. The van der Waals surface area contributed by atoms with Crippen molar-refractivity contribution in [1.82, 2.24) is 0 Å². The molecule has 0 saturated heterocycles. The molecular weight excluding hydrogens is 250 g/mol. The summed E-state index contributed by atoms with van der Waals surface area (Å²) in [6.07, 6.45) is -0.991. The van der Waals surface area contributed by atoms with Crippen LogP contribution < -0.4 is 9.47 Å². The molecule has 7 nitrogen and oxygen atoms in total. The number of nitrogens with zero attached hydrogens (tertiary/aromatic N) is 3. The minimum Gasteiger partial charge on any atom is -0.497 e. The third kappa shape index (κ3) is 3.79. The number of ether oxygens (including phenoxy) is 3. The van der Waals surface area contributed by atoms with Crippen LogP contribution in [0.25, 0.3) is 10.4 Å². The molecule has 1 aromatic carbocycles. The summed E-state index contributed by atoms with van der Waals surface area (Å²) in [4.78, 5) is 13.6. The molecule has 0 bridgehead atoms.